The standard InChI is InChI=1S/C17H16N2O5/c1-23-15-5-3-4-13(16(15)24-2)17(20)18-9-8-11-6-7-12(19(21)22)10-14(11)18/h3-7,10H,8-9H2,1-2H3. The Hall–Kier alpha value is -3.09. The quantitative estimate of drug-likeness (QED) is 0.637. The van der Waals surface area contributed by atoms with Gasteiger partial charge in [0.05, 0.1) is 30.4 Å². The molecule has 0 aliphatic carbocycles. The van der Waals surface area contributed by atoms with Crippen molar-refractivity contribution in [2.75, 3.05) is 25.7 Å². The summed E-state index contributed by atoms with van der Waals surface area (Å²) >= 11 is 0. The van der Waals surface area contributed by atoms with E-state index in [1.807, 2.05) is 0 Å². The number of carbonyl (C=O) groups excluding carboxylic acids is 1. The van der Waals surface area contributed by atoms with Crippen LogP contribution in [0.3, 0.4) is 0 Å². The Kier molecular flexibility index (Phi) is 4.07. The molecule has 24 heavy (non-hydrogen) atoms. The van der Waals surface area contributed by atoms with Gasteiger partial charge in [0.15, 0.2) is 11.5 Å². The van der Waals surface area contributed by atoms with Crippen molar-refractivity contribution in [2.24, 2.45) is 0 Å². The lowest BCUT2D eigenvalue weighted by atomic mass is 10.1. The van der Waals surface area contributed by atoms with Crippen LogP contribution >= 0.6 is 0 Å². The van der Waals surface area contributed by atoms with Gasteiger partial charge in [-0.25, -0.2) is 0 Å². The molecular formula is C17H16N2O5. The lowest BCUT2D eigenvalue weighted by Gasteiger charge is -2.19. The minimum atomic E-state index is -0.465. The van der Waals surface area contributed by atoms with E-state index in [9.17, 15) is 14.9 Å². The Balaban J connectivity index is 2.02. The Morgan fingerprint density at radius 2 is 2.00 bits per heavy atom. The van der Waals surface area contributed by atoms with Gasteiger partial charge in [0.1, 0.15) is 0 Å². The molecule has 0 N–H and O–H groups in total. The highest BCUT2D eigenvalue weighted by Crippen LogP contribution is 2.36. The third kappa shape index (κ3) is 2.54. The van der Waals surface area contributed by atoms with Gasteiger partial charge < -0.3 is 14.4 Å². The second-order valence-corrected chi connectivity index (χ2v) is 5.32. The number of amides is 1. The zero-order valence-corrected chi connectivity index (χ0v) is 13.3. The van der Waals surface area contributed by atoms with Gasteiger partial charge in [-0.1, -0.05) is 12.1 Å². The molecule has 0 unspecified atom stereocenters. The summed E-state index contributed by atoms with van der Waals surface area (Å²) in [5.74, 6) is 0.538. The molecule has 2 aromatic rings. The first-order valence-corrected chi connectivity index (χ1v) is 7.37. The number of nitro benzene ring substituents is 1. The number of methoxy groups -OCH3 is 2. The molecule has 0 spiro atoms. The van der Waals surface area contributed by atoms with Gasteiger partial charge in [-0.05, 0) is 24.1 Å². The molecule has 0 atom stereocenters. The van der Waals surface area contributed by atoms with Crippen LogP contribution in [0.15, 0.2) is 36.4 Å². The van der Waals surface area contributed by atoms with Crippen LogP contribution in [0.4, 0.5) is 11.4 Å². The number of anilines is 1. The fraction of sp³-hybridized carbons (Fsp3) is 0.235. The maximum absolute atomic E-state index is 13.0. The summed E-state index contributed by atoms with van der Waals surface area (Å²) in [5.41, 5.74) is 1.80. The van der Waals surface area contributed by atoms with Crippen molar-refractivity contribution in [3.63, 3.8) is 0 Å². The van der Waals surface area contributed by atoms with Crippen molar-refractivity contribution in [3.8, 4) is 11.5 Å². The molecule has 0 bridgehead atoms. The smallest absolute Gasteiger partial charge is 0.271 e. The Labute approximate surface area is 138 Å². The zero-order valence-electron chi connectivity index (χ0n) is 13.3. The number of hydrogen-bond acceptors (Lipinski definition) is 5. The SMILES string of the molecule is COc1cccc(C(=O)N2CCc3ccc([N+](=O)[O-])cc32)c1OC. The Morgan fingerprint density at radius 3 is 2.67 bits per heavy atom. The topological polar surface area (TPSA) is 81.9 Å². The molecule has 1 aliphatic heterocycles. The van der Waals surface area contributed by atoms with E-state index in [4.69, 9.17) is 9.47 Å². The highest BCUT2D eigenvalue weighted by Gasteiger charge is 2.29. The van der Waals surface area contributed by atoms with Gasteiger partial charge in [0.2, 0.25) is 0 Å². The molecule has 7 nitrogen and oxygen atoms in total. The molecule has 0 saturated heterocycles. The summed E-state index contributed by atoms with van der Waals surface area (Å²) in [7, 11) is 2.97. The van der Waals surface area contributed by atoms with Gasteiger partial charge in [-0.3, -0.25) is 14.9 Å². The van der Waals surface area contributed by atoms with Crippen LogP contribution in [-0.4, -0.2) is 31.6 Å². The highest BCUT2D eigenvalue weighted by molar-refractivity contribution is 6.09. The van der Waals surface area contributed by atoms with Gasteiger partial charge >= 0.3 is 0 Å². The molecule has 3 rings (SSSR count). The van der Waals surface area contributed by atoms with Crippen molar-refractivity contribution in [1.82, 2.24) is 0 Å². The molecule has 124 valence electrons. The fourth-order valence-corrected chi connectivity index (χ4v) is 2.89. The number of hydrogen-bond donors (Lipinski definition) is 0. The number of ether oxygens (including phenoxy) is 2. The number of benzene rings is 2. The monoisotopic (exact) mass is 328 g/mol. The normalized spacial score (nSPS) is 12.7. The number of non-ortho nitro benzene ring substituents is 1. The molecule has 0 aromatic heterocycles. The third-order valence-electron chi connectivity index (χ3n) is 4.05. The number of rotatable bonds is 4. The molecule has 0 fully saturated rings. The maximum Gasteiger partial charge on any atom is 0.271 e. The van der Waals surface area contributed by atoms with Crippen LogP contribution < -0.4 is 14.4 Å². The van der Waals surface area contributed by atoms with E-state index in [0.29, 0.717) is 35.7 Å². The number of carbonyl (C=O) groups is 1. The van der Waals surface area contributed by atoms with Crippen LogP contribution in [0, 0.1) is 10.1 Å². The van der Waals surface area contributed by atoms with Crippen LogP contribution in [0.1, 0.15) is 15.9 Å². The predicted molar refractivity (Wildman–Crippen MR) is 88.0 cm³/mol. The number of nitro groups is 1. The highest BCUT2D eigenvalue weighted by atomic mass is 16.6. The average molecular weight is 328 g/mol. The van der Waals surface area contributed by atoms with E-state index in [-0.39, 0.29) is 11.6 Å². The lowest BCUT2D eigenvalue weighted by Crippen LogP contribution is -2.29. The van der Waals surface area contributed by atoms with Crippen LogP contribution in [0.5, 0.6) is 11.5 Å². The number of para-hydroxylation sites is 1. The van der Waals surface area contributed by atoms with Crippen LogP contribution in [0.2, 0.25) is 0 Å². The third-order valence-corrected chi connectivity index (χ3v) is 4.05. The van der Waals surface area contributed by atoms with E-state index in [2.05, 4.69) is 0 Å². The first kappa shape index (κ1) is 15.8. The van der Waals surface area contributed by atoms with Gasteiger partial charge in [-0.2, -0.15) is 0 Å². The molecule has 1 heterocycles. The van der Waals surface area contributed by atoms with Crippen LogP contribution in [0.25, 0.3) is 0 Å². The summed E-state index contributed by atoms with van der Waals surface area (Å²) < 4.78 is 10.5. The number of fused-ring (bicyclic) bond motifs is 1. The zero-order chi connectivity index (χ0) is 17.3. The second-order valence-electron chi connectivity index (χ2n) is 5.32. The molecule has 2 aromatic carbocycles. The van der Waals surface area contributed by atoms with Crippen molar-refractivity contribution in [1.29, 1.82) is 0 Å². The molecule has 1 amide bonds. The Morgan fingerprint density at radius 1 is 1.21 bits per heavy atom. The fourth-order valence-electron chi connectivity index (χ4n) is 2.89. The summed E-state index contributed by atoms with van der Waals surface area (Å²) in [6.07, 6.45) is 0.658. The largest absolute Gasteiger partial charge is 0.493 e. The van der Waals surface area contributed by atoms with E-state index < -0.39 is 4.92 Å². The first-order valence-electron chi connectivity index (χ1n) is 7.37. The second kappa shape index (κ2) is 6.19. The molecule has 1 aliphatic rings. The molecular weight excluding hydrogens is 312 g/mol. The van der Waals surface area contributed by atoms with E-state index >= 15 is 0 Å². The maximum atomic E-state index is 13.0. The van der Waals surface area contributed by atoms with Gasteiger partial charge in [0.25, 0.3) is 11.6 Å². The van der Waals surface area contributed by atoms with Crippen molar-refractivity contribution < 1.29 is 19.2 Å². The summed E-state index contributed by atoms with van der Waals surface area (Å²) in [6, 6.07) is 9.66. The van der Waals surface area contributed by atoms with Crippen molar-refractivity contribution >= 4 is 17.3 Å². The van der Waals surface area contributed by atoms with Gasteiger partial charge in [-0.15, -0.1) is 0 Å². The van der Waals surface area contributed by atoms with Crippen molar-refractivity contribution in [2.45, 2.75) is 6.42 Å². The van der Waals surface area contributed by atoms with E-state index in [1.54, 1.807) is 29.2 Å². The Bertz CT molecular complexity index is 819. The van der Waals surface area contributed by atoms with E-state index in [1.165, 1.54) is 26.4 Å². The predicted octanol–water partition coefficient (Wildman–Crippen LogP) is 2.81. The number of nitrogens with zero attached hydrogens (tertiary/aromatic N) is 2. The summed E-state index contributed by atoms with van der Waals surface area (Å²) in [4.78, 5) is 25.0. The summed E-state index contributed by atoms with van der Waals surface area (Å²) in [6.45, 7) is 0.468. The van der Waals surface area contributed by atoms with Crippen molar-refractivity contribution in [3.05, 3.63) is 57.6 Å². The molecule has 0 radical (unpaired) electrons. The first-order chi connectivity index (χ1) is 11.6. The van der Waals surface area contributed by atoms with E-state index in [0.717, 1.165) is 5.56 Å². The average Bonchev–Trinajstić information content (AvgIpc) is 3.03. The molecule has 7 heteroatoms. The lowest BCUT2D eigenvalue weighted by molar-refractivity contribution is -0.384. The minimum absolute atomic E-state index is 0.0361. The van der Waals surface area contributed by atoms with Crippen LogP contribution in [-0.2, 0) is 6.42 Å². The summed E-state index contributed by atoms with van der Waals surface area (Å²) in [5, 5.41) is 11.0. The molecule has 0 saturated carbocycles. The minimum Gasteiger partial charge on any atom is -0.493 e. The van der Waals surface area contributed by atoms with Gasteiger partial charge in [0, 0.05) is 18.7 Å².